The van der Waals surface area contributed by atoms with Crippen LogP contribution in [0.3, 0.4) is 0 Å². The zero-order valence-corrected chi connectivity index (χ0v) is 25.4. The number of phosphoric acid groups is 1. The molecule has 2 fully saturated rings. The maximum Gasteiger partial charge on any atom is 0.472 e. The zero-order chi connectivity index (χ0) is 29.6. The summed E-state index contributed by atoms with van der Waals surface area (Å²) in [5.41, 5.74) is 2.16. The quantitative estimate of drug-likeness (QED) is 0.182. The Balaban J connectivity index is 1.28. The number of hydrogen-bond acceptors (Lipinski definition) is 11. The molecule has 2 aliphatic rings. The molecule has 41 heavy (non-hydrogen) atoms. The molecule has 1 N–H and O–H groups in total. The van der Waals surface area contributed by atoms with Crippen molar-refractivity contribution in [3.63, 3.8) is 0 Å². The fourth-order valence-electron chi connectivity index (χ4n) is 4.71. The summed E-state index contributed by atoms with van der Waals surface area (Å²) in [4.78, 5) is 12.2. The van der Waals surface area contributed by atoms with Gasteiger partial charge in [-0.2, -0.15) is 18.6 Å². The lowest BCUT2D eigenvalue weighted by molar-refractivity contribution is -0.00711. The largest absolute Gasteiger partial charge is 0.472 e. The number of phosphoric ester groups is 1. The van der Waals surface area contributed by atoms with Gasteiger partial charge in [0.1, 0.15) is 12.2 Å². The highest BCUT2D eigenvalue weighted by molar-refractivity contribution is 7.86. The molecule has 0 spiro atoms. The summed E-state index contributed by atoms with van der Waals surface area (Å²) >= 11 is 0. The van der Waals surface area contributed by atoms with Crippen LogP contribution >= 0.6 is 7.82 Å². The van der Waals surface area contributed by atoms with E-state index in [9.17, 15) is 17.9 Å². The Hall–Kier alpha value is -2.22. The van der Waals surface area contributed by atoms with E-state index in [0.717, 1.165) is 12.1 Å². The van der Waals surface area contributed by atoms with Crippen molar-refractivity contribution < 1.29 is 40.6 Å². The predicted molar refractivity (Wildman–Crippen MR) is 152 cm³/mol. The minimum absolute atomic E-state index is 0.0714. The van der Waals surface area contributed by atoms with Crippen molar-refractivity contribution >= 4 is 35.0 Å². The average Bonchev–Trinajstić information content (AvgIpc) is 3.59. The first-order valence-electron chi connectivity index (χ1n) is 13.5. The first-order valence-corrected chi connectivity index (χ1v) is 16.4. The maximum atomic E-state index is 12.8. The first-order chi connectivity index (χ1) is 19.4. The van der Waals surface area contributed by atoms with Crippen LogP contribution in [0.5, 0.6) is 0 Å². The Morgan fingerprint density at radius 2 is 1.54 bits per heavy atom. The molecule has 2 aromatic carbocycles. The third-order valence-electron chi connectivity index (χ3n) is 7.10. The summed E-state index contributed by atoms with van der Waals surface area (Å²) in [6.07, 6.45) is -0.877. The Morgan fingerprint density at radius 3 is 2.15 bits per heavy atom. The molecule has 2 aromatic rings. The van der Waals surface area contributed by atoms with Gasteiger partial charge >= 0.3 is 7.82 Å². The standard InChI is InChI=1S/C27H38N3O9PS/c1-19(2)24-13-15-35-26(24)17-37-40(31,32)39-25-14-16-36-27(25)18-38-41(33,34)23-11-7-21(8-12-23)29-28-20-5-9-22(10-6-20)30(3)4/h5-12,19,24-27H,13-18H2,1-4H3,(H,31,32). The van der Waals surface area contributed by atoms with E-state index in [-0.39, 0.29) is 36.6 Å². The maximum absolute atomic E-state index is 12.8. The van der Waals surface area contributed by atoms with Crippen molar-refractivity contribution in [2.75, 3.05) is 45.4 Å². The van der Waals surface area contributed by atoms with E-state index >= 15 is 0 Å². The molecule has 4 rings (SSSR count). The molecule has 5 unspecified atom stereocenters. The van der Waals surface area contributed by atoms with Crippen LogP contribution in [0.2, 0.25) is 0 Å². The summed E-state index contributed by atoms with van der Waals surface area (Å²) in [5, 5.41) is 8.33. The third kappa shape index (κ3) is 8.89. The average molecular weight is 612 g/mol. The van der Waals surface area contributed by atoms with Gasteiger partial charge in [-0.3, -0.25) is 13.2 Å². The van der Waals surface area contributed by atoms with Crippen molar-refractivity contribution in [3.8, 4) is 0 Å². The van der Waals surface area contributed by atoms with E-state index in [1.54, 1.807) is 0 Å². The Morgan fingerprint density at radius 1 is 0.951 bits per heavy atom. The van der Waals surface area contributed by atoms with E-state index < -0.39 is 36.8 Å². The summed E-state index contributed by atoms with van der Waals surface area (Å²) in [6, 6.07) is 13.3. The fraction of sp³-hybridized carbons (Fsp3) is 0.556. The number of anilines is 1. The smallest absolute Gasteiger partial charge is 0.378 e. The second-order valence-corrected chi connectivity index (χ2v) is 13.6. The van der Waals surface area contributed by atoms with Gasteiger partial charge in [-0.05, 0) is 66.8 Å². The lowest BCUT2D eigenvalue weighted by Crippen LogP contribution is -2.30. The second kappa shape index (κ2) is 13.8. The molecule has 5 atom stereocenters. The molecule has 0 amide bonds. The van der Waals surface area contributed by atoms with Gasteiger partial charge in [0, 0.05) is 39.4 Å². The molecule has 0 aromatic heterocycles. The first kappa shape index (κ1) is 31.7. The summed E-state index contributed by atoms with van der Waals surface area (Å²) < 4.78 is 65.1. The minimum Gasteiger partial charge on any atom is -0.378 e. The van der Waals surface area contributed by atoms with Gasteiger partial charge in [-0.25, -0.2) is 4.57 Å². The second-order valence-electron chi connectivity index (χ2n) is 10.6. The number of rotatable bonds is 13. The van der Waals surface area contributed by atoms with Crippen LogP contribution in [0.1, 0.15) is 26.7 Å². The highest BCUT2D eigenvalue weighted by atomic mass is 32.2. The number of azo groups is 1. The molecule has 2 aliphatic heterocycles. The van der Waals surface area contributed by atoms with Gasteiger partial charge in [0.05, 0.1) is 35.6 Å². The minimum atomic E-state index is -4.44. The monoisotopic (exact) mass is 611 g/mol. The highest BCUT2D eigenvalue weighted by Crippen LogP contribution is 2.47. The van der Waals surface area contributed by atoms with E-state index in [4.69, 9.17) is 22.7 Å². The van der Waals surface area contributed by atoms with E-state index in [0.29, 0.717) is 23.9 Å². The van der Waals surface area contributed by atoms with Gasteiger partial charge in [0.15, 0.2) is 0 Å². The zero-order valence-electron chi connectivity index (χ0n) is 23.7. The van der Waals surface area contributed by atoms with Crippen LogP contribution in [-0.2, 0) is 37.4 Å². The highest BCUT2D eigenvalue weighted by Gasteiger charge is 2.39. The third-order valence-corrected chi connectivity index (χ3v) is 9.40. The molecule has 0 saturated carbocycles. The van der Waals surface area contributed by atoms with Crippen molar-refractivity contribution in [1.82, 2.24) is 0 Å². The normalized spacial score (nSPS) is 24.7. The van der Waals surface area contributed by atoms with Crippen molar-refractivity contribution in [3.05, 3.63) is 48.5 Å². The van der Waals surface area contributed by atoms with Crippen LogP contribution in [0.25, 0.3) is 0 Å². The van der Waals surface area contributed by atoms with Gasteiger partial charge in [0.2, 0.25) is 0 Å². The van der Waals surface area contributed by atoms with Crippen molar-refractivity contribution in [1.29, 1.82) is 0 Å². The molecule has 226 valence electrons. The molecular formula is C27H38N3O9PS. The lowest BCUT2D eigenvalue weighted by atomic mass is 9.90. The summed E-state index contributed by atoms with van der Waals surface area (Å²) in [5.74, 6) is 0.581. The van der Waals surface area contributed by atoms with Crippen LogP contribution in [-0.4, -0.2) is 72.1 Å². The number of nitrogens with zero attached hydrogens (tertiary/aromatic N) is 3. The van der Waals surface area contributed by atoms with Crippen molar-refractivity contribution in [2.24, 2.45) is 22.1 Å². The van der Waals surface area contributed by atoms with Gasteiger partial charge in [-0.15, -0.1) is 0 Å². The lowest BCUT2D eigenvalue weighted by Gasteiger charge is -2.24. The Bertz CT molecular complexity index is 1320. The van der Waals surface area contributed by atoms with Crippen LogP contribution in [0.4, 0.5) is 17.1 Å². The predicted octanol–water partition coefficient (Wildman–Crippen LogP) is 5.23. The molecule has 2 saturated heterocycles. The molecule has 12 nitrogen and oxygen atoms in total. The Kier molecular flexibility index (Phi) is 10.7. The molecule has 0 aliphatic carbocycles. The van der Waals surface area contributed by atoms with Gasteiger partial charge < -0.3 is 19.3 Å². The van der Waals surface area contributed by atoms with Gasteiger partial charge in [-0.1, -0.05) is 13.8 Å². The summed E-state index contributed by atoms with van der Waals surface area (Å²) in [6.45, 7) is 4.48. The van der Waals surface area contributed by atoms with E-state index in [2.05, 4.69) is 24.1 Å². The molecular weight excluding hydrogens is 573 g/mol. The topological polar surface area (TPSA) is 146 Å². The number of benzene rings is 2. The molecule has 0 bridgehead atoms. The fourth-order valence-corrected chi connectivity index (χ4v) is 6.61. The van der Waals surface area contributed by atoms with Crippen molar-refractivity contribution in [2.45, 2.75) is 49.9 Å². The van der Waals surface area contributed by atoms with E-state index in [1.807, 2.05) is 43.3 Å². The summed E-state index contributed by atoms with van der Waals surface area (Å²) in [7, 11) is -4.69. The van der Waals surface area contributed by atoms with Crippen LogP contribution in [0.15, 0.2) is 63.7 Å². The van der Waals surface area contributed by atoms with Gasteiger partial charge in [0.25, 0.3) is 10.1 Å². The Labute approximate surface area is 241 Å². The SMILES string of the molecule is CC(C)C1CCOC1COP(=O)(O)OC1CCOC1COS(=O)(=O)c1ccc(N=Nc2ccc(N(C)C)cc2)cc1. The number of ether oxygens (including phenoxy) is 2. The van der Waals surface area contributed by atoms with Crippen LogP contribution in [0, 0.1) is 11.8 Å². The van der Waals surface area contributed by atoms with Crippen LogP contribution < -0.4 is 4.90 Å². The molecule has 0 radical (unpaired) electrons. The number of hydrogen-bond donors (Lipinski definition) is 1. The molecule has 14 heteroatoms. The molecule has 2 heterocycles. The van der Waals surface area contributed by atoms with E-state index in [1.165, 1.54) is 24.3 Å².